The fraction of sp³-hybridized carbons (Fsp3) is 0.143. The molecule has 0 unspecified atom stereocenters. The van der Waals surface area contributed by atoms with Gasteiger partial charge in [0.1, 0.15) is 0 Å². The lowest BCUT2D eigenvalue weighted by Crippen LogP contribution is -2.28. The van der Waals surface area contributed by atoms with E-state index in [0.717, 1.165) is 12.1 Å². The third kappa shape index (κ3) is 2.52. The Labute approximate surface area is 83.0 Å². The average Bonchev–Trinajstić information content (AvgIpc) is 2.06. The van der Waals surface area contributed by atoms with E-state index in [2.05, 4.69) is 4.18 Å². The summed E-state index contributed by atoms with van der Waals surface area (Å²) in [6.45, 7) is 0. The fourth-order valence-corrected chi connectivity index (χ4v) is 1.16. The molecule has 8 heteroatoms. The Morgan fingerprint density at radius 2 is 1.73 bits per heavy atom. The van der Waals surface area contributed by atoms with E-state index in [1.54, 1.807) is 0 Å². The topological polar surface area (TPSA) is 63.6 Å². The summed E-state index contributed by atoms with van der Waals surface area (Å²) in [6.07, 6.45) is 0. The van der Waals surface area contributed by atoms with Crippen LogP contribution >= 0.6 is 0 Å². The highest BCUT2D eigenvalue weighted by molar-refractivity contribution is 7.88. The van der Waals surface area contributed by atoms with Gasteiger partial charge in [0.05, 0.1) is 0 Å². The lowest BCUT2D eigenvalue weighted by Gasteiger charge is -2.09. The molecule has 1 aromatic rings. The van der Waals surface area contributed by atoms with Crippen molar-refractivity contribution in [2.24, 2.45) is 0 Å². The van der Waals surface area contributed by atoms with Crippen LogP contribution in [-0.4, -0.2) is 19.0 Å². The highest BCUT2D eigenvalue weighted by Gasteiger charge is 2.48. The summed E-state index contributed by atoms with van der Waals surface area (Å²) in [7, 11) is -5.73. The fourth-order valence-electron chi connectivity index (χ4n) is 0.693. The van der Waals surface area contributed by atoms with Crippen LogP contribution < -0.4 is 4.18 Å². The molecular formula is C7H5F3O4S. The van der Waals surface area contributed by atoms with Gasteiger partial charge < -0.3 is 9.29 Å². The summed E-state index contributed by atoms with van der Waals surface area (Å²) in [5.74, 6) is -1.46. The summed E-state index contributed by atoms with van der Waals surface area (Å²) in [6, 6.07) is 4.43. The zero-order valence-electron chi connectivity index (χ0n) is 7.02. The summed E-state index contributed by atoms with van der Waals surface area (Å²) in [5, 5.41) is 8.98. The molecule has 0 aromatic heterocycles. The standard InChI is InChI=1S/C7H5F3O4S/c8-7(9,10)15(12,13)14-6-4-2-1-3-5(6)11/h1-4,11H. The van der Waals surface area contributed by atoms with Gasteiger partial charge in [-0.1, -0.05) is 12.1 Å². The predicted octanol–water partition coefficient (Wildman–Crippen LogP) is 1.62. The van der Waals surface area contributed by atoms with Crippen molar-refractivity contribution >= 4 is 10.1 Å². The summed E-state index contributed by atoms with van der Waals surface area (Å²) in [4.78, 5) is 0. The monoisotopic (exact) mass is 242 g/mol. The minimum Gasteiger partial charge on any atom is -0.504 e. The SMILES string of the molecule is O=S(=O)(Oc1ccccc1O)C(F)(F)F. The Kier molecular flexibility index (Phi) is 2.80. The third-order valence-electron chi connectivity index (χ3n) is 1.35. The minimum atomic E-state index is -5.73. The average molecular weight is 242 g/mol. The van der Waals surface area contributed by atoms with E-state index in [4.69, 9.17) is 5.11 Å². The van der Waals surface area contributed by atoms with Crippen LogP contribution in [-0.2, 0) is 10.1 Å². The van der Waals surface area contributed by atoms with E-state index < -0.39 is 27.1 Å². The Bertz CT molecular complexity index is 452. The van der Waals surface area contributed by atoms with E-state index in [-0.39, 0.29) is 0 Å². The predicted molar refractivity (Wildman–Crippen MR) is 43.7 cm³/mol. The Hall–Kier alpha value is -1.44. The van der Waals surface area contributed by atoms with Gasteiger partial charge in [0, 0.05) is 0 Å². The molecule has 0 spiro atoms. The van der Waals surface area contributed by atoms with E-state index in [9.17, 15) is 21.6 Å². The lowest BCUT2D eigenvalue weighted by atomic mass is 10.3. The van der Waals surface area contributed by atoms with Gasteiger partial charge in [-0.15, -0.1) is 0 Å². The Morgan fingerprint density at radius 1 is 1.20 bits per heavy atom. The van der Waals surface area contributed by atoms with Crippen molar-refractivity contribution in [3.05, 3.63) is 24.3 Å². The third-order valence-corrected chi connectivity index (χ3v) is 2.31. The first-order valence-corrected chi connectivity index (χ1v) is 4.93. The van der Waals surface area contributed by atoms with Crippen LogP contribution in [0.25, 0.3) is 0 Å². The van der Waals surface area contributed by atoms with Gasteiger partial charge in [0.2, 0.25) is 0 Å². The first-order chi connectivity index (χ1) is 6.74. The van der Waals surface area contributed by atoms with E-state index in [1.165, 1.54) is 12.1 Å². The molecule has 0 bridgehead atoms. The van der Waals surface area contributed by atoms with Crippen molar-refractivity contribution in [1.29, 1.82) is 0 Å². The lowest BCUT2D eigenvalue weighted by molar-refractivity contribution is -0.0500. The molecule has 0 atom stereocenters. The van der Waals surface area contributed by atoms with Gasteiger partial charge in [-0.2, -0.15) is 21.6 Å². The number of halogens is 3. The van der Waals surface area contributed by atoms with Crippen LogP contribution in [0.4, 0.5) is 13.2 Å². The normalized spacial score (nSPS) is 12.5. The molecule has 0 aliphatic carbocycles. The number of rotatable bonds is 2. The molecule has 0 amide bonds. The molecule has 0 saturated heterocycles. The number of hydrogen-bond acceptors (Lipinski definition) is 4. The zero-order valence-corrected chi connectivity index (χ0v) is 7.84. The second kappa shape index (κ2) is 3.61. The van der Waals surface area contributed by atoms with Crippen molar-refractivity contribution in [1.82, 2.24) is 0 Å². The first-order valence-electron chi connectivity index (χ1n) is 3.53. The molecule has 0 aliphatic heterocycles. The molecule has 0 heterocycles. The largest absolute Gasteiger partial charge is 0.534 e. The molecule has 1 N–H and O–H groups in total. The van der Waals surface area contributed by atoms with Crippen molar-refractivity contribution in [2.45, 2.75) is 5.51 Å². The number of alkyl halides is 3. The number of hydrogen-bond donors (Lipinski definition) is 1. The molecule has 1 rings (SSSR count). The van der Waals surface area contributed by atoms with Gasteiger partial charge in [-0.3, -0.25) is 0 Å². The molecule has 0 saturated carbocycles. The van der Waals surface area contributed by atoms with Crippen LogP contribution in [0, 0.1) is 0 Å². The maximum Gasteiger partial charge on any atom is 0.534 e. The summed E-state index contributed by atoms with van der Waals surface area (Å²) >= 11 is 0. The smallest absolute Gasteiger partial charge is 0.504 e. The Morgan fingerprint density at radius 3 is 2.20 bits per heavy atom. The van der Waals surface area contributed by atoms with Gasteiger partial charge in [-0.25, -0.2) is 0 Å². The highest BCUT2D eigenvalue weighted by atomic mass is 32.2. The van der Waals surface area contributed by atoms with Crippen molar-refractivity contribution < 1.29 is 30.9 Å². The van der Waals surface area contributed by atoms with E-state index in [1.807, 2.05) is 0 Å². The van der Waals surface area contributed by atoms with Gasteiger partial charge >= 0.3 is 15.6 Å². The van der Waals surface area contributed by atoms with Crippen molar-refractivity contribution in [2.75, 3.05) is 0 Å². The van der Waals surface area contributed by atoms with Gasteiger partial charge in [-0.05, 0) is 12.1 Å². The molecule has 84 valence electrons. The second-order valence-electron chi connectivity index (χ2n) is 2.45. The number of phenolic OH excluding ortho intramolecular Hbond substituents is 1. The quantitative estimate of drug-likeness (QED) is 0.632. The van der Waals surface area contributed by atoms with E-state index in [0.29, 0.717) is 0 Å². The van der Waals surface area contributed by atoms with Crippen molar-refractivity contribution in [3.63, 3.8) is 0 Å². The molecule has 0 fully saturated rings. The van der Waals surface area contributed by atoms with Gasteiger partial charge in [0.15, 0.2) is 11.5 Å². The van der Waals surface area contributed by atoms with Crippen LogP contribution in [0.2, 0.25) is 0 Å². The maximum atomic E-state index is 11.9. The summed E-state index contributed by atoms with van der Waals surface area (Å²) < 4.78 is 60.3. The van der Waals surface area contributed by atoms with Gasteiger partial charge in [0.25, 0.3) is 0 Å². The van der Waals surface area contributed by atoms with Crippen LogP contribution in [0.5, 0.6) is 11.5 Å². The molecule has 4 nitrogen and oxygen atoms in total. The second-order valence-corrected chi connectivity index (χ2v) is 3.99. The number of aromatic hydroxyl groups is 1. The van der Waals surface area contributed by atoms with Crippen LogP contribution in [0.3, 0.4) is 0 Å². The highest BCUT2D eigenvalue weighted by Crippen LogP contribution is 2.31. The minimum absolute atomic E-state index is 0.690. The molecule has 0 aliphatic rings. The summed E-state index contributed by atoms with van der Waals surface area (Å²) in [5.41, 5.74) is -5.52. The number of phenols is 1. The van der Waals surface area contributed by atoms with Crippen LogP contribution in [0.1, 0.15) is 0 Å². The maximum absolute atomic E-state index is 11.9. The molecule has 15 heavy (non-hydrogen) atoms. The van der Waals surface area contributed by atoms with Crippen molar-refractivity contribution in [3.8, 4) is 11.5 Å². The van der Waals surface area contributed by atoms with Crippen LogP contribution in [0.15, 0.2) is 24.3 Å². The number of benzene rings is 1. The molecule has 1 aromatic carbocycles. The first kappa shape index (κ1) is 11.6. The molecular weight excluding hydrogens is 237 g/mol. The van der Waals surface area contributed by atoms with E-state index >= 15 is 0 Å². The zero-order chi connectivity index (χ0) is 11.7. The number of para-hydroxylation sites is 2. The molecule has 0 radical (unpaired) electrons. The Balaban J connectivity index is 3.03.